The number of para-hydroxylation sites is 2. The van der Waals surface area contributed by atoms with Gasteiger partial charge in [0.1, 0.15) is 45.3 Å². The Hall–Kier alpha value is -9.85. The first-order valence-corrected chi connectivity index (χ1v) is 26.8. The molecule has 4 aromatic heterocycles. The second kappa shape index (κ2) is 33.9. The number of aromatic nitrogens is 8. The van der Waals surface area contributed by atoms with Crippen LogP contribution in [0.25, 0.3) is 22.9 Å². The highest BCUT2D eigenvalue weighted by molar-refractivity contribution is 7.92. The molecule has 0 amide bonds. The Kier molecular flexibility index (Phi) is 26.3. The van der Waals surface area contributed by atoms with Crippen molar-refractivity contribution in [1.29, 1.82) is 0 Å². The van der Waals surface area contributed by atoms with Crippen molar-refractivity contribution >= 4 is 34.3 Å². The molecule has 5 aromatic rings. The highest BCUT2D eigenvalue weighted by Gasteiger charge is 2.39. The number of ether oxygens (including phenoxy) is 11. The van der Waals surface area contributed by atoms with E-state index >= 15 is 8.42 Å². The molecule has 5 rings (SSSR count). The predicted octanol–water partition coefficient (Wildman–Crippen LogP) is 5.24. The van der Waals surface area contributed by atoms with Crippen LogP contribution in [0.15, 0.2) is 66.0 Å². The fourth-order valence-corrected chi connectivity index (χ4v) is 8.22. The molecule has 0 saturated carbocycles. The Bertz CT molecular complexity index is 3110. The van der Waals surface area contributed by atoms with E-state index in [2.05, 4.69) is 45.0 Å². The Balaban J connectivity index is 1.59. The number of unbranched alkanes of at least 4 members (excludes halogenated alkanes) is 2. The van der Waals surface area contributed by atoms with E-state index in [1.165, 1.54) is 62.8 Å². The van der Waals surface area contributed by atoms with Gasteiger partial charge in [-0.3, -0.25) is 4.98 Å². The van der Waals surface area contributed by atoms with E-state index in [-0.39, 0.29) is 93.2 Å². The van der Waals surface area contributed by atoms with Gasteiger partial charge in [-0.1, -0.05) is 32.0 Å². The summed E-state index contributed by atoms with van der Waals surface area (Å²) in [7, 11) is -3.75. The molecule has 0 fully saturated rings. The third-order valence-electron chi connectivity index (χ3n) is 10.7. The van der Waals surface area contributed by atoms with Crippen LogP contribution in [0.2, 0.25) is 0 Å². The first-order valence-electron chi connectivity index (χ1n) is 25.3. The lowest BCUT2D eigenvalue weighted by Crippen LogP contribution is -2.43. The number of rotatable bonds is 38. The molecule has 1 aromatic carbocycles. The molecule has 462 valence electrons. The molecule has 0 spiro atoms. The second-order valence-corrected chi connectivity index (χ2v) is 18.7. The number of anilines is 1. The summed E-state index contributed by atoms with van der Waals surface area (Å²) in [5.41, 5.74) is 0.687. The van der Waals surface area contributed by atoms with Crippen LogP contribution in [0, 0.1) is 30.3 Å². The summed E-state index contributed by atoms with van der Waals surface area (Å²) in [4.78, 5) is 101. The van der Waals surface area contributed by atoms with Crippen LogP contribution in [-0.2, 0) is 62.4 Å². The van der Waals surface area contributed by atoms with Gasteiger partial charge in [-0.15, -0.1) is 35.4 Å². The number of hydrogen-bond acceptors (Lipinski definition) is 32. The highest BCUT2D eigenvalue weighted by atomic mass is 32.2. The molecule has 0 aliphatic rings. The molecular weight excluding hydrogens is 1160 g/mol. The first-order chi connectivity index (χ1) is 40.8. The average molecular weight is 1220 g/mol. The van der Waals surface area contributed by atoms with Crippen molar-refractivity contribution in [3.05, 3.63) is 96.8 Å². The van der Waals surface area contributed by atoms with Crippen molar-refractivity contribution in [2.24, 2.45) is 0 Å². The Morgan fingerprint density at radius 3 is 1.91 bits per heavy atom. The van der Waals surface area contributed by atoms with Crippen molar-refractivity contribution in [3.63, 3.8) is 0 Å². The summed E-state index contributed by atoms with van der Waals surface area (Å²) < 4.78 is 92.2. The average Bonchev–Trinajstić information content (AvgIpc) is 1.65. The van der Waals surface area contributed by atoms with E-state index < -0.39 is 105 Å². The molecule has 38 heteroatoms. The highest BCUT2D eigenvalue weighted by Crippen LogP contribution is 2.45. The van der Waals surface area contributed by atoms with Crippen LogP contribution in [0.1, 0.15) is 64.7 Å². The van der Waals surface area contributed by atoms with Crippen molar-refractivity contribution in [2.45, 2.75) is 70.4 Å². The number of hydrogen-bond donors (Lipinski definition) is 0. The molecule has 4 heterocycles. The van der Waals surface area contributed by atoms with Gasteiger partial charge in [0, 0.05) is 18.0 Å². The van der Waals surface area contributed by atoms with Crippen LogP contribution < -0.4 is 18.5 Å². The number of carbonyl (C=O) groups excluding carboxylic acids is 3. The smallest absolute Gasteiger partial charge is 0.493 e. The normalized spacial score (nSPS) is 11.7. The van der Waals surface area contributed by atoms with Crippen LogP contribution in [-0.4, -0.2) is 175 Å². The lowest BCUT2D eigenvalue weighted by Gasteiger charge is -2.30. The van der Waals surface area contributed by atoms with Gasteiger partial charge in [0.2, 0.25) is 11.6 Å². The molecule has 2 unspecified atom stereocenters. The van der Waals surface area contributed by atoms with Crippen LogP contribution in [0.4, 0.5) is 20.2 Å². The number of sulfonamides is 1. The summed E-state index contributed by atoms with van der Waals surface area (Å²) in [6, 6.07) is 11.6. The maximum absolute atomic E-state index is 15.3. The molecule has 37 nitrogen and oxygen atoms in total. The minimum absolute atomic E-state index is 0.0110. The predicted molar refractivity (Wildman–Crippen MR) is 279 cm³/mol. The minimum Gasteiger partial charge on any atom is -0.493 e. The number of methoxy groups -OCH3 is 1. The molecule has 0 saturated heterocycles. The van der Waals surface area contributed by atoms with E-state index in [9.17, 15) is 44.7 Å². The standard InChI is InChI=1S/C47H58N12O25S/c1-31(2)35-13-14-39(49-30-35)85(69,70)56(33(4)83-47(62)78-24-20-73-22-28-81-59(67)68)43-40(84-38-12-8-7-11-37(38)71-5)44(74-25-26-76-45(60)75-17-9-6-10-18-79-57(63)64)51-41(50-43)34-15-16-48-36(29-34)42-52-53-54-55(42)32(3)82-46(61)77-23-19-72-21-27-80-58(65)66/h7-8,11-16,29-33H,6,9-10,17-28H2,1-5H3. The fourth-order valence-electron chi connectivity index (χ4n) is 6.80. The van der Waals surface area contributed by atoms with Gasteiger partial charge in [-0.2, -0.15) is 18.1 Å². The minimum atomic E-state index is -5.08. The number of benzene rings is 1. The maximum atomic E-state index is 15.3. The number of pyridine rings is 2. The SMILES string of the molecule is COc1ccccc1Oc1c(OCCOC(=O)OCCCCCO[N+](=O)[O-])nc(-c2ccnc(-c3nnnn3C(C)OC(=O)OCCOCCO[N+](=O)[O-])c2)nc1N(C(C)OC(=O)OCCOCCO[N+](=O)[O-])S(=O)(=O)c1ccc(C(C)C)cn1. The summed E-state index contributed by atoms with van der Waals surface area (Å²) in [6.45, 7) is 2.53. The van der Waals surface area contributed by atoms with E-state index in [0.29, 0.717) is 29.1 Å². The van der Waals surface area contributed by atoms with Gasteiger partial charge in [-0.05, 0) is 85.3 Å². The lowest BCUT2D eigenvalue weighted by molar-refractivity contribution is -0.758. The number of tetrazole rings is 1. The quantitative estimate of drug-likeness (QED) is 0.0122. The first kappa shape index (κ1) is 66.0. The van der Waals surface area contributed by atoms with E-state index in [1.54, 1.807) is 12.1 Å². The molecule has 85 heavy (non-hydrogen) atoms. The third kappa shape index (κ3) is 21.4. The largest absolute Gasteiger partial charge is 0.510 e. The van der Waals surface area contributed by atoms with Gasteiger partial charge in [0.15, 0.2) is 40.6 Å². The summed E-state index contributed by atoms with van der Waals surface area (Å²) in [5.74, 6) is -2.28. The molecule has 0 radical (unpaired) electrons. The third-order valence-corrected chi connectivity index (χ3v) is 12.5. The van der Waals surface area contributed by atoms with E-state index in [1.807, 2.05) is 13.8 Å². The van der Waals surface area contributed by atoms with Gasteiger partial charge >= 0.3 is 18.5 Å². The van der Waals surface area contributed by atoms with Crippen molar-refractivity contribution in [2.75, 3.05) is 90.7 Å². The van der Waals surface area contributed by atoms with Crippen molar-refractivity contribution in [3.8, 4) is 46.0 Å². The van der Waals surface area contributed by atoms with Crippen LogP contribution in [0.3, 0.4) is 0 Å². The van der Waals surface area contributed by atoms with Gasteiger partial charge < -0.3 is 66.6 Å². The Labute approximate surface area is 481 Å². The number of carbonyl (C=O) groups is 3. The molecule has 0 N–H and O–H groups in total. The number of nitrogens with zero attached hydrogens (tertiary/aromatic N) is 12. The fraction of sp³-hybridized carbons (Fsp3) is 0.489. The van der Waals surface area contributed by atoms with Gasteiger partial charge in [0.25, 0.3) is 31.2 Å². The van der Waals surface area contributed by atoms with E-state index in [4.69, 9.17) is 57.1 Å². The molecule has 0 bridgehead atoms. The van der Waals surface area contributed by atoms with Crippen molar-refractivity contribution in [1.82, 2.24) is 40.1 Å². The zero-order valence-electron chi connectivity index (χ0n) is 46.1. The van der Waals surface area contributed by atoms with E-state index in [0.717, 1.165) is 11.6 Å². The van der Waals surface area contributed by atoms with Crippen LogP contribution >= 0.6 is 0 Å². The molecular formula is C47H58N12O25S. The van der Waals surface area contributed by atoms with Crippen molar-refractivity contribution < 1.29 is 105 Å². The topological polar surface area (TPSA) is 442 Å². The molecule has 2 atom stereocenters. The Morgan fingerprint density at radius 1 is 0.671 bits per heavy atom. The Morgan fingerprint density at radius 2 is 1.27 bits per heavy atom. The zero-order valence-corrected chi connectivity index (χ0v) is 46.9. The monoisotopic (exact) mass is 1220 g/mol. The summed E-state index contributed by atoms with van der Waals surface area (Å²) >= 11 is 0. The van der Waals surface area contributed by atoms with Gasteiger partial charge in [0.05, 0.1) is 46.8 Å². The lowest BCUT2D eigenvalue weighted by atomic mass is 10.1. The summed E-state index contributed by atoms with van der Waals surface area (Å²) in [6.07, 6.45) is -3.25. The summed E-state index contributed by atoms with van der Waals surface area (Å²) in [5, 5.41) is 39.4. The molecule has 0 aliphatic heterocycles. The maximum Gasteiger partial charge on any atom is 0.510 e. The zero-order chi connectivity index (χ0) is 61.7. The van der Waals surface area contributed by atoms with Crippen LogP contribution in [0.5, 0.6) is 23.1 Å². The molecule has 0 aliphatic carbocycles. The second-order valence-electron chi connectivity index (χ2n) is 16.9. The van der Waals surface area contributed by atoms with Gasteiger partial charge in [-0.25, -0.2) is 28.7 Å².